The highest BCUT2D eigenvalue weighted by Gasteiger charge is 2.25. The fourth-order valence-electron chi connectivity index (χ4n) is 1.13. The Morgan fingerprint density at radius 1 is 1.53 bits per heavy atom. The van der Waals surface area contributed by atoms with E-state index in [1.54, 1.807) is 19.9 Å². The molecule has 0 rings (SSSR count). The molecule has 7 heteroatoms. The smallest absolute Gasteiger partial charge is 0.228 e. The summed E-state index contributed by atoms with van der Waals surface area (Å²) in [4.78, 5) is 0. The summed E-state index contributed by atoms with van der Waals surface area (Å²) < 4.78 is 36.3. The minimum atomic E-state index is -3.61. The molecule has 0 heterocycles. The minimum Gasteiger partial charge on any atom is -0.260 e. The molecule has 3 unspecified atom stereocenters. The number of nitrogens with zero attached hydrogens (tertiary/aromatic N) is 1. The SMILES string of the molecule is CCC(C#N)S(=O)(=O)NC(C)CS(C)=O. The summed E-state index contributed by atoms with van der Waals surface area (Å²) in [6.07, 6.45) is 1.75. The zero-order valence-corrected chi connectivity index (χ0v) is 10.7. The van der Waals surface area contributed by atoms with E-state index in [-0.39, 0.29) is 12.2 Å². The first-order valence-corrected chi connectivity index (χ1v) is 7.81. The van der Waals surface area contributed by atoms with E-state index in [0.29, 0.717) is 0 Å². The maximum atomic E-state index is 11.6. The van der Waals surface area contributed by atoms with E-state index in [0.717, 1.165) is 0 Å². The van der Waals surface area contributed by atoms with E-state index >= 15 is 0 Å². The lowest BCUT2D eigenvalue weighted by Crippen LogP contribution is -2.41. The van der Waals surface area contributed by atoms with Crippen molar-refractivity contribution in [1.82, 2.24) is 4.72 Å². The Morgan fingerprint density at radius 2 is 2.07 bits per heavy atom. The Balaban J connectivity index is 4.52. The lowest BCUT2D eigenvalue weighted by molar-refractivity contribution is 0.561. The van der Waals surface area contributed by atoms with Crippen LogP contribution in [0.3, 0.4) is 0 Å². The Bertz CT molecular complexity index is 359. The van der Waals surface area contributed by atoms with E-state index in [2.05, 4.69) is 4.72 Å². The van der Waals surface area contributed by atoms with Crippen LogP contribution in [0.1, 0.15) is 20.3 Å². The molecule has 0 fully saturated rings. The van der Waals surface area contributed by atoms with Crippen LogP contribution in [-0.4, -0.2) is 35.9 Å². The van der Waals surface area contributed by atoms with E-state index in [1.807, 2.05) is 0 Å². The lowest BCUT2D eigenvalue weighted by atomic mass is 10.4. The molecule has 0 aromatic heterocycles. The maximum Gasteiger partial charge on any atom is 0.228 e. The molecule has 0 saturated heterocycles. The van der Waals surface area contributed by atoms with Gasteiger partial charge < -0.3 is 0 Å². The highest BCUT2D eigenvalue weighted by Crippen LogP contribution is 2.04. The van der Waals surface area contributed by atoms with Gasteiger partial charge in [-0.2, -0.15) is 5.26 Å². The van der Waals surface area contributed by atoms with Crippen LogP contribution >= 0.6 is 0 Å². The highest BCUT2D eigenvalue weighted by molar-refractivity contribution is 7.90. The lowest BCUT2D eigenvalue weighted by Gasteiger charge is -2.15. The highest BCUT2D eigenvalue weighted by atomic mass is 32.2. The Hall–Kier alpha value is -0.450. The fourth-order valence-corrected chi connectivity index (χ4v) is 3.41. The average Bonchev–Trinajstić information content (AvgIpc) is 2.02. The first-order chi connectivity index (χ1) is 6.83. The van der Waals surface area contributed by atoms with Crippen molar-refractivity contribution in [3.05, 3.63) is 0 Å². The second kappa shape index (κ2) is 6.20. The van der Waals surface area contributed by atoms with Crippen LogP contribution in [0.5, 0.6) is 0 Å². The summed E-state index contributed by atoms with van der Waals surface area (Å²) in [7, 11) is -4.67. The zero-order chi connectivity index (χ0) is 12.1. The third kappa shape index (κ3) is 5.25. The van der Waals surface area contributed by atoms with Gasteiger partial charge >= 0.3 is 0 Å². The Kier molecular flexibility index (Phi) is 6.02. The Labute approximate surface area is 93.4 Å². The van der Waals surface area contributed by atoms with Gasteiger partial charge in [0.2, 0.25) is 10.0 Å². The first-order valence-electron chi connectivity index (χ1n) is 4.54. The van der Waals surface area contributed by atoms with Crippen molar-refractivity contribution in [3.63, 3.8) is 0 Å². The van der Waals surface area contributed by atoms with Gasteiger partial charge in [-0.1, -0.05) is 6.92 Å². The van der Waals surface area contributed by atoms with Gasteiger partial charge in [-0.05, 0) is 13.3 Å². The van der Waals surface area contributed by atoms with Gasteiger partial charge in [-0.15, -0.1) is 0 Å². The molecule has 15 heavy (non-hydrogen) atoms. The van der Waals surface area contributed by atoms with Crippen molar-refractivity contribution < 1.29 is 12.6 Å². The van der Waals surface area contributed by atoms with Gasteiger partial charge in [0.15, 0.2) is 5.25 Å². The molecular weight excluding hydrogens is 236 g/mol. The molecule has 0 aliphatic carbocycles. The molecule has 0 aromatic rings. The van der Waals surface area contributed by atoms with E-state index in [9.17, 15) is 12.6 Å². The summed E-state index contributed by atoms with van der Waals surface area (Å²) in [6, 6.07) is 1.31. The number of hydrogen-bond donors (Lipinski definition) is 1. The molecule has 5 nitrogen and oxygen atoms in total. The van der Waals surface area contributed by atoms with Crippen LogP contribution in [0.4, 0.5) is 0 Å². The predicted octanol–water partition coefficient (Wildman–Crippen LogP) is -0.0250. The summed E-state index contributed by atoms with van der Waals surface area (Å²) in [6.45, 7) is 3.26. The molecule has 0 aliphatic heterocycles. The number of nitrogens with one attached hydrogen (secondary N) is 1. The second-order valence-electron chi connectivity index (χ2n) is 3.33. The normalized spacial score (nSPS) is 17.7. The standard InChI is InChI=1S/C8H16N2O3S2/c1-4-8(5-9)15(12,13)10-7(2)6-14(3)11/h7-8,10H,4,6H2,1-3H3. The minimum absolute atomic E-state index is 0.244. The molecular formula is C8H16N2O3S2. The van der Waals surface area contributed by atoms with Crippen LogP contribution in [0.2, 0.25) is 0 Å². The molecule has 88 valence electrons. The quantitative estimate of drug-likeness (QED) is 0.719. The number of nitriles is 1. The van der Waals surface area contributed by atoms with Gasteiger partial charge in [-0.3, -0.25) is 4.21 Å². The first kappa shape index (κ1) is 14.6. The van der Waals surface area contributed by atoms with Crippen LogP contribution in [0.15, 0.2) is 0 Å². The number of hydrogen-bond acceptors (Lipinski definition) is 4. The third-order valence-electron chi connectivity index (χ3n) is 1.74. The van der Waals surface area contributed by atoms with Crippen molar-refractivity contribution in [2.75, 3.05) is 12.0 Å². The van der Waals surface area contributed by atoms with Gasteiger partial charge in [0.05, 0.1) is 6.07 Å². The monoisotopic (exact) mass is 252 g/mol. The zero-order valence-electron chi connectivity index (χ0n) is 9.06. The summed E-state index contributed by atoms with van der Waals surface area (Å²) in [5.74, 6) is 0.251. The molecule has 0 spiro atoms. The molecule has 0 aromatic carbocycles. The summed E-state index contributed by atoms with van der Waals surface area (Å²) >= 11 is 0. The van der Waals surface area contributed by atoms with E-state index in [1.165, 1.54) is 6.26 Å². The van der Waals surface area contributed by atoms with Crippen LogP contribution in [-0.2, 0) is 20.8 Å². The summed E-state index contributed by atoms with van der Waals surface area (Å²) in [5, 5.41) is 7.59. The molecule has 1 N–H and O–H groups in total. The topological polar surface area (TPSA) is 87.0 Å². The maximum absolute atomic E-state index is 11.6. The number of rotatable bonds is 6. The van der Waals surface area contributed by atoms with Gasteiger partial charge in [0.25, 0.3) is 0 Å². The van der Waals surface area contributed by atoms with Crippen molar-refractivity contribution in [3.8, 4) is 6.07 Å². The third-order valence-corrected chi connectivity index (χ3v) is 4.63. The average molecular weight is 252 g/mol. The summed E-state index contributed by atoms with van der Waals surface area (Å²) in [5.41, 5.74) is 0. The second-order valence-corrected chi connectivity index (χ2v) is 6.70. The number of sulfonamides is 1. The van der Waals surface area contributed by atoms with Crippen molar-refractivity contribution in [1.29, 1.82) is 5.26 Å². The van der Waals surface area contributed by atoms with Crippen molar-refractivity contribution in [2.45, 2.75) is 31.6 Å². The van der Waals surface area contributed by atoms with Crippen LogP contribution in [0, 0.1) is 11.3 Å². The van der Waals surface area contributed by atoms with Crippen molar-refractivity contribution >= 4 is 20.8 Å². The van der Waals surface area contributed by atoms with Gasteiger partial charge in [-0.25, -0.2) is 13.1 Å². The van der Waals surface area contributed by atoms with Gasteiger partial charge in [0, 0.05) is 28.9 Å². The largest absolute Gasteiger partial charge is 0.260 e. The molecule has 0 bridgehead atoms. The van der Waals surface area contributed by atoms with Crippen molar-refractivity contribution in [2.24, 2.45) is 0 Å². The van der Waals surface area contributed by atoms with Crippen LogP contribution in [0.25, 0.3) is 0 Å². The molecule has 0 aliphatic rings. The molecule has 3 atom stereocenters. The molecule has 0 amide bonds. The molecule has 0 radical (unpaired) electrons. The van der Waals surface area contributed by atoms with Gasteiger partial charge in [0.1, 0.15) is 0 Å². The van der Waals surface area contributed by atoms with Crippen LogP contribution < -0.4 is 4.72 Å². The van der Waals surface area contributed by atoms with E-state index < -0.39 is 32.1 Å². The Morgan fingerprint density at radius 3 is 2.40 bits per heavy atom. The fraction of sp³-hybridized carbons (Fsp3) is 0.875. The predicted molar refractivity (Wildman–Crippen MR) is 60.1 cm³/mol. The van der Waals surface area contributed by atoms with E-state index in [4.69, 9.17) is 5.26 Å². The molecule has 0 saturated carbocycles.